The van der Waals surface area contributed by atoms with E-state index < -0.39 is 0 Å². The Bertz CT molecular complexity index is 402. The molecular weight excluding hydrogens is 210 g/mol. The SMILES string of the molecule is CCCNC(=O)c1ccc(C)c(C(C)(C)C)c1. The van der Waals surface area contributed by atoms with Gasteiger partial charge in [0.05, 0.1) is 0 Å². The van der Waals surface area contributed by atoms with Crippen molar-refractivity contribution in [1.82, 2.24) is 5.32 Å². The minimum Gasteiger partial charge on any atom is -0.352 e. The summed E-state index contributed by atoms with van der Waals surface area (Å²) < 4.78 is 0. The van der Waals surface area contributed by atoms with Crippen LogP contribution in [0.2, 0.25) is 0 Å². The maximum Gasteiger partial charge on any atom is 0.251 e. The molecule has 2 nitrogen and oxygen atoms in total. The fraction of sp³-hybridized carbons (Fsp3) is 0.533. The lowest BCUT2D eigenvalue weighted by atomic mass is 9.83. The van der Waals surface area contributed by atoms with Gasteiger partial charge in [-0.2, -0.15) is 0 Å². The van der Waals surface area contributed by atoms with E-state index in [1.165, 1.54) is 11.1 Å². The van der Waals surface area contributed by atoms with E-state index in [4.69, 9.17) is 0 Å². The van der Waals surface area contributed by atoms with Crippen molar-refractivity contribution in [2.75, 3.05) is 6.54 Å². The predicted molar refractivity (Wildman–Crippen MR) is 72.5 cm³/mol. The number of rotatable bonds is 3. The molecule has 0 aromatic heterocycles. The van der Waals surface area contributed by atoms with Gasteiger partial charge in [-0.1, -0.05) is 33.8 Å². The molecule has 0 fully saturated rings. The predicted octanol–water partition coefficient (Wildman–Crippen LogP) is 3.43. The van der Waals surface area contributed by atoms with Crippen LogP contribution in [0.25, 0.3) is 0 Å². The van der Waals surface area contributed by atoms with Gasteiger partial charge >= 0.3 is 0 Å². The van der Waals surface area contributed by atoms with Crippen LogP contribution in [-0.4, -0.2) is 12.5 Å². The molecule has 0 heterocycles. The molecule has 0 saturated heterocycles. The number of nitrogens with one attached hydrogen (secondary N) is 1. The number of aryl methyl sites for hydroxylation is 1. The highest BCUT2D eigenvalue weighted by Gasteiger charge is 2.18. The van der Waals surface area contributed by atoms with Crippen LogP contribution in [0.15, 0.2) is 18.2 Å². The van der Waals surface area contributed by atoms with Crippen LogP contribution in [0, 0.1) is 6.92 Å². The van der Waals surface area contributed by atoms with E-state index in [0.29, 0.717) is 0 Å². The van der Waals surface area contributed by atoms with Gasteiger partial charge in [-0.25, -0.2) is 0 Å². The van der Waals surface area contributed by atoms with Gasteiger partial charge in [0.15, 0.2) is 0 Å². The monoisotopic (exact) mass is 233 g/mol. The minimum absolute atomic E-state index is 0.0253. The van der Waals surface area contributed by atoms with Gasteiger partial charge in [-0.15, -0.1) is 0 Å². The van der Waals surface area contributed by atoms with Crippen molar-refractivity contribution in [2.24, 2.45) is 0 Å². The van der Waals surface area contributed by atoms with Crippen molar-refractivity contribution in [3.8, 4) is 0 Å². The Kier molecular flexibility index (Phi) is 4.33. The fourth-order valence-corrected chi connectivity index (χ4v) is 1.91. The number of carbonyl (C=O) groups is 1. The van der Waals surface area contributed by atoms with Gasteiger partial charge in [-0.05, 0) is 42.0 Å². The number of hydrogen-bond acceptors (Lipinski definition) is 1. The second-order valence-corrected chi connectivity index (χ2v) is 5.54. The highest BCUT2D eigenvalue weighted by molar-refractivity contribution is 5.94. The van der Waals surface area contributed by atoms with Crippen molar-refractivity contribution in [1.29, 1.82) is 0 Å². The normalized spacial score (nSPS) is 11.4. The third-order valence-corrected chi connectivity index (χ3v) is 2.84. The van der Waals surface area contributed by atoms with Gasteiger partial charge in [0, 0.05) is 12.1 Å². The van der Waals surface area contributed by atoms with Crippen LogP contribution in [-0.2, 0) is 5.41 Å². The van der Waals surface area contributed by atoms with E-state index in [2.05, 4.69) is 39.9 Å². The van der Waals surface area contributed by atoms with Crippen LogP contribution >= 0.6 is 0 Å². The number of amides is 1. The Hall–Kier alpha value is -1.31. The van der Waals surface area contributed by atoms with Crippen LogP contribution in [0.4, 0.5) is 0 Å². The molecule has 2 heteroatoms. The van der Waals surface area contributed by atoms with E-state index in [-0.39, 0.29) is 11.3 Å². The van der Waals surface area contributed by atoms with Gasteiger partial charge < -0.3 is 5.32 Å². The van der Waals surface area contributed by atoms with Crippen molar-refractivity contribution in [3.05, 3.63) is 34.9 Å². The number of carbonyl (C=O) groups excluding carboxylic acids is 1. The molecule has 1 aromatic rings. The summed E-state index contributed by atoms with van der Waals surface area (Å²) in [6.45, 7) is 11.4. The quantitative estimate of drug-likeness (QED) is 0.851. The molecule has 0 aliphatic heterocycles. The summed E-state index contributed by atoms with van der Waals surface area (Å²) in [5.41, 5.74) is 3.31. The molecule has 1 aromatic carbocycles. The summed E-state index contributed by atoms with van der Waals surface area (Å²) in [5, 5.41) is 2.91. The Labute approximate surface area is 104 Å². The van der Waals surface area contributed by atoms with Gasteiger partial charge in [0.2, 0.25) is 0 Å². The summed E-state index contributed by atoms with van der Waals surface area (Å²) in [4.78, 5) is 11.9. The largest absolute Gasteiger partial charge is 0.352 e. The molecule has 0 bridgehead atoms. The maximum atomic E-state index is 11.9. The van der Waals surface area contributed by atoms with Crippen molar-refractivity contribution < 1.29 is 4.79 Å². The average molecular weight is 233 g/mol. The third kappa shape index (κ3) is 3.58. The van der Waals surface area contributed by atoms with Crippen LogP contribution in [0.3, 0.4) is 0 Å². The summed E-state index contributed by atoms with van der Waals surface area (Å²) in [6, 6.07) is 5.94. The molecule has 0 aliphatic carbocycles. The van der Waals surface area contributed by atoms with E-state index >= 15 is 0 Å². The zero-order chi connectivity index (χ0) is 13.1. The summed E-state index contributed by atoms with van der Waals surface area (Å²) in [7, 11) is 0. The Balaban J connectivity index is 3.00. The molecule has 0 unspecified atom stereocenters. The molecule has 1 rings (SSSR count). The molecule has 0 aliphatic rings. The Morgan fingerprint density at radius 1 is 1.29 bits per heavy atom. The molecule has 0 spiro atoms. The van der Waals surface area contributed by atoms with E-state index in [1.54, 1.807) is 0 Å². The molecule has 1 amide bonds. The smallest absolute Gasteiger partial charge is 0.251 e. The molecule has 0 radical (unpaired) electrons. The van der Waals surface area contributed by atoms with Crippen molar-refractivity contribution in [2.45, 2.75) is 46.5 Å². The molecule has 1 N–H and O–H groups in total. The average Bonchev–Trinajstić information content (AvgIpc) is 2.25. The fourth-order valence-electron chi connectivity index (χ4n) is 1.91. The van der Waals surface area contributed by atoms with Gasteiger partial charge in [-0.3, -0.25) is 4.79 Å². The molecule has 94 valence electrons. The highest BCUT2D eigenvalue weighted by atomic mass is 16.1. The molecule has 0 saturated carbocycles. The van der Waals surface area contributed by atoms with Gasteiger partial charge in [0.25, 0.3) is 5.91 Å². The zero-order valence-electron chi connectivity index (χ0n) is 11.6. The topological polar surface area (TPSA) is 29.1 Å². The summed E-state index contributed by atoms with van der Waals surface area (Å²) in [5.74, 6) is 0.0253. The first-order valence-electron chi connectivity index (χ1n) is 6.25. The number of hydrogen-bond donors (Lipinski definition) is 1. The summed E-state index contributed by atoms with van der Waals surface area (Å²) in [6.07, 6.45) is 0.962. The minimum atomic E-state index is 0.0253. The Morgan fingerprint density at radius 2 is 1.94 bits per heavy atom. The molecular formula is C15H23NO. The Morgan fingerprint density at radius 3 is 2.47 bits per heavy atom. The highest BCUT2D eigenvalue weighted by Crippen LogP contribution is 2.26. The third-order valence-electron chi connectivity index (χ3n) is 2.84. The first-order chi connectivity index (χ1) is 7.86. The lowest BCUT2D eigenvalue weighted by Crippen LogP contribution is -2.25. The van der Waals surface area contributed by atoms with E-state index in [0.717, 1.165) is 18.5 Å². The first-order valence-corrected chi connectivity index (χ1v) is 6.25. The lowest BCUT2D eigenvalue weighted by Gasteiger charge is -2.22. The zero-order valence-corrected chi connectivity index (χ0v) is 11.6. The standard InChI is InChI=1S/C15H23NO/c1-6-9-16-14(17)12-8-7-11(2)13(10-12)15(3,4)5/h7-8,10H,6,9H2,1-5H3,(H,16,17). The van der Waals surface area contributed by atoms with Crippen LogP contribution in [0.5, 0.6) is 0 Å². The summed E-state index contributed by atoms with van der Waals surface area (Å²) >= 11 is 0. The first kappa shape index (κ1) is 13.8. The lowest BCUT2D eigenvalue weighted by molar-refractivity contribution is 0.0953. The molecule has 17 heavy (non-hydrogen) atoms. The van der Waals surface area contributed by atoms with Crippen LogP contribution in [0.1, 0.15) is 55.6 Å². The van der Waals surface area contributed by atoms with Crippen LogP contribution < -0.4 is 5.32 Å². The second kappa shape index (κ2) is 5.35. The van der Waals surface area contributed by atoms with E-state index in [1.807, 2.05) is 18.2 Å². The molecule has 0 atom stereocenters. The van der Waals surface area contributed by atoms with E-state index in [9.17, 15) is 4.79 Å². The second-order valence-electron chi connectivity index (χ2n) is 5.54. The van der Waals surface area contributed by atoms with Gasteiger partial charge in [0.1, 0.15) is 0 Å². The maximum absolute atomic E-state index is 11.9. The van der Waals surface area contributed by atoms with Crippen molar-refractivity contribution in [3.63, 3.8) is 0 Å². The number of benzene rings is 1. The van der Waals surface area contributed by atoms with Crippen molar-refractivity contribution >= 4 is 5.91 Å².